The summed E-state index contributed by atoms with van der Waals surface area (Å²) in [6.07, 6.45) is 5.69. The van der Waals surface area contributed by atoms with Crippen molar-refractivity contribution >= 4 is 57.4 Å². The first kappa shape index (κ1) is 54.3. The molecule has 20 heteroatoms. The average Bonchev–Trinajstić information content (AvgIpc) is 4.48. The third-order valence-corrected chi connectivity index (χ3v) is 18.7. The van der Waals surface area contributed by atoms with Gasteiger partial charge in [-0.15, -0.1) is 0 Å². The first-order chi connectivity index (χ1) is 39.3. The van der Waals surface area contributed by atoms with Crippen molar-refractivity contribution in [3.05, 3.63) is 119 Å². The summed E-state index contributed by atoms with van der Waals surface area (Å²) in [7, 11) is 2.93. The van der Waals surface area contributed by atoms with Crippen molar-refractivity contribution in [2.45, 2.75) is 119 Å². The summed E-state index contributed by atoms with van der Waals surface area (Å²) >= 11 is 0. The van der Waals surface area contributed by atoms with Crippen LogP contribution in [0.25, 0.3) is 22.1 Å². The number of hydrogen-bond donors (Lipinski definition) is 4. The van der Waals surface area contributed by atoms with E-state index in [0.717, 1.165) is 57.6 Å². The molecule has 0 spiro atoms. The molecule has 6 fully saturated rings. The summed E-state index contributed by atoms with van der Waals surface area (Å²) in [5.41, 5.74) is 6.36. The van der Waals surface area contributed by atoms with Crippen molar-refractivity contribution < 1.29 is 47.6 Å². The minimum atomic E-state index is -1.16. The summed E-state index contributed by atoms with van der Waals surface area (Å²) in [5.74, 6) is -0.496. The summed E-state index contributed by atoms with van der Waals surface area (Å²) in [5, 5.41) is 20.2. The van der Waals surface area contributed by atoms with E-state index in [-0.39, 0.29) is 53.5 Å². The van der Waals surface area contributed by atoms with Gasteiger partial charge in [-0.25, -0.2) is 28.3 Å². The van der Waals surface area contributed by atoms with Crippen LogP contribution in [-0.4, -0.2) is 153 Å². The molecule has 2 aromatic heterocycles. The number of carbonyl (C=O) groups is 4. The van der Waals surface area contributed by atoms with Crippen LogP contribution in [0.3, 0.4) is 0 Å². The maximum atomic E-state index is 16.9. The van der Waals surface area contributed by atoms with Crippen molar-refractivity contribution in [3.8, 4) is 0 Å². The molecule has 0 aliphatic carbocycles. The van der Waals surface area contributed by atoms with Gasteiger partial charge in [0.05, 0.1) is 46.2 Å². The molecule has 4 aromatic carbocycles. The Morgan fingerprint density at radius 1 is 0.568 bits per heavy atom. The molecule has 428 valence electrons. The number of amides is 4. The maximum Gasteiger partial charge on any atom is 0.407 e. The van der Waals surface area contributed by atoms with Gasteiger partial charge in [0.2, 0.25) is 11.8 Å². The van der Waals surface area contributed by atoms with E-state index in [1.54, 1.807) is 9.80 Å². The van der Waals surface area contributed by atoms with Crippen LogP contribution in [0.1, 0.15) is 135 Å². The molecule has 8 heterocycles. The number of nitrogens with zero attached hydrogens (tertiary/aromatic N) is 8. The first-order valence-corrected chi connectivity index (χ1v) is 29.1. The minimum Gasteiger partial charge on any atom is -0.465 e. The fraction of sp³-hybridized carbons (Fsp3) is 0.508. The summed E-state index contributed by atoms with van der Waals surface area (Å²) in [6, 6.07) is 22.2. The van der Waals surface area contributed by atoms with Gasteiger partial charge >= 0.3 is 12.2 Å². The Morgan fingerprint density at radius 2 is 1.02 bits per heavy atom. The van der Waals surface area contributed by atoms with Crippen molar-refractivity contribution in [2.75, 3.05) is 76.5 Å². The summed E-state index contributed by atoms with van der Waals surface area (Å²) in [6.45, 7) is 3.88. The number of nitrogens with one attached hydrogen (secondary N) is 2. The zero-order valence-electron chi connectivity index (χ0n) is 46.0. The third-order valence-electron chi connectivity index (χ3n) is 18.7. The number of H-pyrrole nitrogens is 2. The maximum absolute atomic E-state index is 16.9. The number of likely N-dealkylation sites (tertiary alicyclic amines) is 2. The SMILES string of the molecule is CN(C(=O)O)[C@H](C(=O)N1CCC[C@H]1c1nc2ccc([C@H]3CC[C@H](c4ccc5nc([C@@H]6CCCN6C(=O)[C@H](C6CCOCC6)N(C)C(=O)O)[nH]c5c4)N3c3cc(F)c(N4CCC(c5ccccc5)CC4)c(F)c3)cc2[nH]1)C1CCOCC1. The van der Waals surface area contributed by atoms with Gasteiger partial charge in [0.1, 0.15) is 29.4 Å². The van der Waals surface area contributed by atoms with E-state index < -0.39 is 35.9 Å². The molecular weight excluding hydrogens is 1040 g/mol. The average molecular weight is 1110 g/mol. The molecule has 6 saturated heterocycles. The van der Waals surface area contributed by atoms with E-state index in [1.807, 2.05) is 59.5 Å². The second kappa shape index (κ2) is 22.9. The van der Waals surface area contributed by atoms with Gasteiger partial charge in [0.15, 0.2) is 11.6 Å². The molecule has 0 unspecified atom stereocenters. The number of ether oxygens (including phenoxy) is 2. The number of halogens is 2. The van der Waals surface area contributed by atoms with Crippen LogP contribution in [0, 0.1) is 23.5 Å². The van der Waals surface area contributed by atoms with E-state index in [1.165, 1.54) is 31.8 Å². The summed E-state index contributed by atoms with van der Waals surface area (Å²) < 4.78 is 45.0. The van der Waals surface area contributed by atoms with Gasteiger partial charge in [-0.2, -0.15) is 0 Å². The Kier molecular flexibility index (Phi) is 15.3. The Labute approximate surface area is 469 Å². The van der Waals surface area contributed by atoms with E-state index in [9.17, 15) is 29.4 Å². The summed E-state index contributed by atoms with van der Waals surface area (Å²) in [4.78, 5) is 80.6. The lowest BCUT2D eigenvalue weighted by Crippen LogP contribution is -2.53. The Balaban J connectivity index is 0.853. The highest BCUT2D eigenvalue weighted by Crippen LogP contribution is 2.49. The zero-order chi connectivity index (χ0) is 56.1. The molecule has 6 aromatic rings. The molecule has 6 atom stereocenters. The van der Waals surface area contributed by atoms with Crippen LogP contribution in [0.15, 0.2) is 78.9 Å². The number of aromatic amines is 2. The van der Waals surface area contributed by atoms with Gasteiger partial charge in [0, 0.05) is 72.4 Å². The van der Waals surface area contributed by atoms with Gasteiger partial charge in [-0.1, -0.05) is 42.5 Å². The molecule has 18 nitrogen and oxygen atoms in total. The highest BCUT2D eigenvalue weighted by molar-refractivity contribution is 5.87. The molecule has 12 rings (SSSR count). The number of piperidine rings is 1. The van der Waals surface area contributed by atoms with Crippen molar-refractivity contribution in [3.63, 3.8) is 0 Å². The number of hydrogen-bond acceptors (Lipinski definition) is 10. The van der Waals surface area contributed by atoms with Crippen LogP contribution in [0.5, 0.6) is 0 Å². The molecule has 6 aliphatic heterocycles. The number of rotatable bonds is 13. The lowest BCUT2D eigenvalue weighted by atomic mass is 9.89. The lowest BCUT2D eigenvalue weighted by Gasteiger charge is -2.37. The van der Waals surface area contributed by atoms with Crippen LogP contribution < -0.4 is 9.80 Å². The third kappa shape index (κ3) is 10.5. The molecule has 4 N–H and O–H groups in total. The molecule has 0 saturated carbocycles. The molecule has 0 radical (unpaired) electrons. The largest absolute Gasteiger partial charge is 0.465 e. The fourth-order valence-corrected chi connectivity index (χ4v) is 14.5. The van der Waals surface area contributed by atoms with Crippen molar-refractivity contribution in [1.82, 2.24) is 39.5 Å². The second-order valence-corrected chi connectivity index (χ2v) is 23.2. The molecule has 81 heavy (non-hydrogen) atoms. The highest BCUT2D eigenvalue weighted by Gasteiger charge is 2.45. The number of carbonyl (C=O) groups excluding carboxylic acids is 2. The second-order valence-electron chi connectivity index (χ2n) is 23.2. The monoisotopic (exact) mass is 1110 g/mol. The van der Waals surface area contributed by atoms with E-state index in [0.29, 0.717) is 138 Å². The molecular formula is C61H72F2N10O8. The number of likely N-dealkylation sites (N-methyl/N-ethyl adjacent to an activating group) is 2. The standard InChI is InChI=1S/C61H72F2N10O8/c1-68(60(76)77)53(38-20-28-80-29-21-38)58(74)71-24-6-10-51(71)56-64-45-14-12-40(32-47(45)66-56)49-16-17-50(73(49)42-34-43(62)55(44(63)35-42)70-26-18-37(19-27-70)36-8-4-3-5-9-36)41-13-15-46-48(33-41)67-57(65-46)52-11-7-25-72(52)59(75)54(69(2)61(78)79)39-22-30-81-31-23-39/h3-5,8-9,12-15,32-35,37-39,49-54H,6-7,10-11,16-31H2,1-2H3,(H,64,66)(H,65,67)(H,76,77)(H,78,79)/t49-,50-,51+,52+,53+,54+/m1/s1. The van der Waals surface area contributed by atoms with E-state index in [4.69, 9.17) is 19.4 Å². The normalized spacial score (nSPS) is 23.2. The predicted molar refractivity (Wildman–Crippen MR) is 300 cm³/mol. The van der Waals surface area contributed by atoms with E-state index in [2.05, 4.69) is 27.0 Å². The molecule has 6 aliphatic rings. The van der Waals surface area contributed by atoms with Gasteiger partial charge in [0.25, 0.3) is 0 Å². The number of anilines is 2. The number of imidazole rings is 2. The Bertz CT molecular complexity index is 3100. The number of benzene rings is 4. The Morgan fingerprint density at radius 3 is 1.47 bits per heavy atom. The smallest absolute Gasteiger partial charge is 0.407 e. The van der Waals surface area contributed by atoms with Gasteiger partial charge in [-0.3, -0.25) is 19.4 Å². The Hall–Kier alpha value is -7.32. The van der Waals surface area contributed by atoms with Crippen LogP contribution in [0.4, 0.5) is 29.7 Å². The van der Waals surface area contributed by atoms with Crippen LogP contribution in [-0.2, 0) is 19.1 Å². The number of aromatic nitrogens is 4. The van der Waals surface area contributed by atoms with Gasteiger partial charge < -0.3 is 49.3 Å². The van der Waals surface area contributed by atoms with Crippen LogP contribution >= 0.6 is 0 Å². The number of fused-ring (bicyclic) bond motifs is 2. The molecule has 0 bridgehead atoms. The lowest BCUT2D eigenvalue weighted by molar-refractivity contribution is -0.141. The topological polar surface area (TPSA) is 204 Å². The van der Waals surface area contributed by atoms with Crippen molar-refractivity contribution in [2.24, 2.45) is 11.8 Å². The highest BCUT2D eigenvalue weighted by atomic mass is 19.1. The first-order valence-electron chi connectivity index (χ1n) is 29.1. The molecule has 4 amide bonds. The fourth-order valence-electron chi connectivity index (χ4n) is 14.5. The quantitative estimate of drug-likeness (QED) is 0.0853. The minimum absolute atomic E-state index is 0.0170. The van der Waals surface area contributed by atoms with Gasteiger partial charge in [-0.05, 0) is 148 Å². The van der Waals surface area contributed by atoms with E-state index >= 15 is 8.78 Å². The zero-order valence-corrected chi connectivity index (χ0v) is 46.0. The predicted octanol–water partition coefficient (Wildman–Crippen LogP) is 10.3. The van der Waals surface area contributed by atoms with Crippen LogP contribution in [0.2, 0.25) is 0 Å². The number of carboxylic acid groups (broad SMARTS) is 2. The van der Waals surface area contributed by atoms with Crippen molar-refractivity contribution in [1.29, 1.82) is 0 Å².